The zero-order valence-corrected chi connectivity index (χ0v) is 11.6. The number of aromatic nitrogens is 5. The molecule has 2 atom stereocenters. The summed E-state index contributed by atoms with van der Waals surface area (Å²) in [4.78, 5) is 6.74. The summed E-state index contributed by atoms with van der Waals surface area (Å²) < 4.78 is 1.70. The summed E-state index contributed by atoms with van der Waals surface area (Å²) in [6, 6.07) is 1.56. The first kappa shape index (κ1) is 12.0. The van der Waals surface area contributed by atoms with E-state index in [0.29, 0.717) is 5.65 Å². The molecule has 4 heterocycles. The van der Waals surface area contributed by atoms with Crippen LogP contribution >= 0.6 is 0 Å². The smallest absolute Gasteiger partial charge is 0.199 e. The number of nitrogens with zero attached hydrogens (tertiary/aromatic N) is 6. The Bertz CT molecular complexity index is 596. The Hall–Kier alpha value is -1.76. The molecule has 4 rings (SSSR count). The SMILES string of the molecule is CN1C2CCC1CC(CNc1cncc3nnnn13)C2. The monoisotopic (exact) mass is 273 g/mol. The van der Waals surface area contributed by atoms with Crippen LogP contribution in [0, 0.1) is 5.92 Å². The number of nitrogens with one attached hydrogen (secondary N) is 1. The molecular formula is C13H19N7. The van der Waals surface area contributed by atoms with E-state index in [9.17, 15) is 0 Å². The molecule has 106 valence electrons. The molecule has 0 spiro atoms. The number of tetrazole rings is 1. The molecule has 0 radical (unpaired) electrons. The molecule has 7 heteroatoms. The van der Waals surface area contributed by atoms with Crippen LogP contribution in [0.15, 0.2) is 12.4 Å². The van der Waals surface area contributed by atoms with Crippen molar-refractivity contribution in [3.63, 3.8) is 0 Å². The summed E-state index contributed by atoms with van der Waals surface area (Å²) in [5.74, 6) is 1.61. The van der Waals surface area contributed by atoms with Gasteiger partial charge in [0.2, 0.25) is 0 Å². The quantitative estimate of drug-likeness (QED) is 0.892. The Morgan fingerprint density at radius 2 is 2.05 bits per heavy atom. The molecule has 0 aliphatic carbocycles. The van der Waals surface area contributed by atoms with Crippen LogP contribution < -0.4 is 5.32 Å². The van der Waals surface area contributed by atoms with E-state index in [0.717, 1.165) is 30.4 Å². The van der Waals surface area contributed by atoms with Crippen LogP contribution in [0.1, 0.15) is 25.7 Å². The summed E-state index contributed by atoms with van der Waals surface area (Å²) in [5.41, 5.74) is 0.679. The number of fused-ring (bicyclic) bond motifs is 3. The van der Waals surface area contributed by atoms with Crippen molar-refractivity contribution >= 4 is 11.5 Å². The van der Waals surface area contributed by atoms with Gasteiger partial charge in [0.15, 0.2) is 5.65 Å². The lowest BCUT2D eigenvalue weighted by molar-refractivity contribution is 0.139. The molecule has 2 fully saturated rings. The number of rotatable bonds is 3. The maximum Gasteiger partial charge on any atom is 0.199 e. The Labute approximate surface area is 117 Å². The van der Waals surface area contributed by atoms with Gasteiger partial charge in [-0.05, 0) is 49.1 Å². The molecule has 2 saturated heterocycles. The normalized spacial score (nSPS) is 29.9. The van der Waals surface area contributed by atoms with Crippen LogP contribution in [0.25, 0.3) is 5.65 Å². The highest BCUT2D eigenvalue weighted by Crippen LogP contribution is 2.37. The first-order chi connectivity index (χ1) is 9.81. The van der Waals surface area contributed by atoms with Crippen LogP contribution in [-0.4, -0.2) is 55.6 Å². The van der Waals surface area contributed by atoms with Crippen molar-refractivity contribution in [2.45, 2.75) is 37.8 Å². The Balaban J connectivity index is 1.45. The predicted molar refractivity (Wildman–Crippen MR) is 74.4 cm³/mol. The molecule has 0 amide bonds. The third-order valence-corrected chi connectivity index (χ3v) is 4.88. The van der Waals surface area contributed by atoms with Gasteiger partial charge < -0.3 is 10.2 Å². The van der Waals surface area contributed by atoms with Crippen LogP contribution in [0.4, 0.5) is 5.82 Å². The molecule has 2 aromatic rings. The van der Waals surface area contributed by atoms with E-state index in [-0.39, 0.29) is 0 Å². The highest BCUT2D eigenvalue weighted by molar-refractivity contribution is 5.43. The minimum atomic E-state index is 0.679. The van der Waals surface area contributed by atoms with Gasteiger partial charge >= 0.3 is 0 Å². The van der Waals surface area contributed by atoms with Crippen molar-refractivity contribution in [2.75, 3.05) is 18.9 Å². The van der Waals surface area contributed by atoms with E-state index in [4.69, 9.17) is 0 Å². The molecular weight excluding hydrogens is 254 g/mol. The first-order valence-electron chi connectivity index (χ1n) is 7.29. The van der Waals surface area contributed by atoms with Crippen LogP contribution in [0.2, 0.25) is 0 Å². The molecule has 2 bridgehead atoms. The van der Waals surface area contributed by atoms with Gasteiger partial charge in [0.05, 0.1) is 12.4 Å². The second kappa shape index (κ2) is 4.66. The van der Waals surface area contributed by atoms with Crippen molar-refractivity contribution < 1.29 is 0 Å². The summed E-state index contributed by atoms with van der Waals surface area (Å²) in [6.45, 7) is 0.974. The minimum Gasteiger partial charge on any atom is -0.368 e. The van der Waals surface area contributed by atoms with Gasteiger partial charge in [0.25, 0.3) is 0 Å². The fourth-order valence-electron chi connectivity index (χ4n) is 3.74. The topological polar surface area (TPSA) is 71.2 Å². The lowest BCUT2D eigenvalue weighted by Crippen LogP contribution is -2.41. The average Bonchev–Trinajstić information content (AvgIpc) is 2.99. The van der Waals surface area contributed by atoms with E-state index < -0.39 is 0 Å². The van der Waals surface area contributed by atoms with Crippen molar-refractivity contribution in [3.8, 4) is 0 Å². The highest BCUT2D eigenvalue weighted by atomic mass is 15.5. The third kappa shape index (κ3) is 1.93. The van der Waals surface area contributed by atoms with Crippen molar-refractivity contribution in [1.29, 1.82) is 0 Å². The van der Waals surface area contributed by atoms with E-state index in [2.05, 4.69) is 37.8 Å². The molecule has 20 heavy (non-hydrogen) atoms. The number of hydrogen-bond acceptors (Lipinski definition) is 6. The standard InChI is InChI=1S/C13H19N7/c1-19-10-2-3-11(19)5-9(4-10)6-15-12-7-14-8-13-16-17-18-20(12)13/h7-11,15H,2-6H2,1H3. The van der Waals surface area contributed by atoms with Gasteiger partial charge in [0, 0.05) is 18.6 Å². The van der Waals surface area contributed by atoms with E-state index in [1.165, 1.54) is 25.7 Å². The summed E-state index contributed by atoms with van der Waals surface area (Å²) in [7, 11) is 2.28. The van der Waals surface area contributed by atoms with Crippen molar-refractivity contribution in [3.05, 3.63) is 12.4 Å². The average molecular weight is 273 g/mol. The van der Waals surface area contributed by atoms with Crippen molar-refractivity contribution in [1.82, 2.24) is 29.9 Å². The second-order valence-electron chi connectivity index (χ2n) is 6.01. The summed E-state index contributed by atoms with van der Waals surface area (Å²) >= 11 is 0. The fraction of sp³-hybridized carbons (Fsp3) is 0.692. The van der Waals surface area contributed by atoms with Gasteiger partial charge in [-0.3, -0.25) is 4.98 Å². The Kier molecular flexibility index (Phi) is 2.80. The predicted octanol–water partition coefficient (Wildman–Crippen LogP) is 0.804. The zero-order chi connectivity index (χ0) is 13.5. The lowest BCUT2D eigenvalue weighted by Gasteiger charge is -2.36. The van der Waals surface area contributed by atoms with Crippen molar-refractivity contribution in [2.24, 2.45) is 5.92 Å². The molecule has 2 aliphatic rings. The van der Waals surface area contributed by atoms with E-state index >= 15 is 0 Å². The lowest BCUT2D eigenvalue weighted by atomic mass is 9.91. The van der Waals surface area contributed by atoms with Gasteiger partial charge in [-0.1, -0.05) is 0 Å². The second-order valence-corrected chi connectivity index (χ2v) is 6.01. The first-order valence-corrected chi connectivity index (χ1v) is 7.29. The molecule has 2 aromatic heterocycles. The number of piperidine rings is 1. The number of hydrogen-bond donors (Lipinski definition) is 1. The van der Waals surface area contributed by atoms with Gasteiger partial charge in [-0.2, -0.15) is 4.52 Å². The minimum absolute atomic E-state index is 0.679. The van der Waals surface area contributed by atoms with E-state index in [1.807, 2.05) is 0 Å². The molecule has 7 nitrogen and oxygen atoms in total. The van der Waals surface area contributed by atoms with Crippen LogP contribution in [0.3, 0.4) is 0 Å². The summed E-state index contributed by atoms with van der Waals surface area (Å²) in [5, 5.41) is 15.0. The third-order valence-electron chi connectivity index (χ3n) is 4.88. The van der Waals surface area contributed by atoms with Gasteiger partial charge in [-0.25, -0.2) is 0 Å². The molecule has 2 unspecified atom stereocenters. The van der Waals surface area contributed by atoms with Crippen LogP contribution in [0.5, 0.6) is 0 Å². The van der Waals surface area contributed by atoms with Gasteiger partial charge in [-0.15, -0.1) is 5.10 Å². The maximum absolute atomic E-state index is 4.17. The summed E-state index contributed by atoms with van der Waals surface area (Å²) in [6.07, 6.45) is 8.76. The Morgan fingerprint density at radius 1 is 1.25 bits per heavy atom. The van der Waals surface area contributed by atoms with Gasteiger partial charge in [0.1, 0.15) is 5.82 Å². The Morgan fingerprint density at radius 3 is 2.85 bits per heavy atom. The zero-order valence-electron chi connectivity index (χ0n) is 11.6. The fourth-order valence-corrected chi connectivity index (χ4v) is 3.74. The largest absolute Gasteiger partial charge is 0.368 e. The van der Waals surface area contributed by atoms with E-state index in [1.54, 1.807) is 16.9 Å². The van der Waals surface area contributed by atoms with Crippen LogP contribution in [-0.2, 0) is 0 Å². The molecule has 0 aromatic carbocycles. The highest BCUT2D eigenvalue weighted by Gasteiger charge is 2.38. The maximum atomic E-state index is 4.17. The molecule has 1 N–H and O–H groups in total. The molecule has 0 saturated carbocycles. The number of anilines is 1. The molecule has 2 aliphatic heterocycles.